The van der Waals surface area contributed by atoms with Crippen LogP contribution in [0.5, 0.6) is 0 Å². The van der Waals surface area contributed by atoms with E-state index in [4.69, 9.17) is 14.2 Å². The van der Waals surface area contributed by atoms with Crippen LogP contribution in [0, 0.1) is 0 Å². The predicted octanol–water partition coefficient (Wildman–Crippen LogP) is 1.86. The summed E-state index contributed by atoms with van der Waals surface area (Å²) in [4.78, 5) is 13.9. The fourth-order valence-electron chi connectivity index (χ4n) is 1.82. The van der Waals surface area contributed by atoms with Gasteiger partial charge in [-0.05, 0) is 19.1 Å². The summed E-state index contributed by atoms with van der Waals surface area (Å²) in [6.07, 6.45) is 1.45. The maximum absolute atomic E-state index is 12.4. The van der Waals surface area contributed by atoms with Crippen LogP contribution in [0.3, 0.4) is 0 Å². The standard InChI is InChI=1S/C13H15NO4/c1-10-9-18-13(16-2,17-3)12(15)14(10)11-7-5-4-6-8-11/h4-9H,1-3H3. The highest BCUT2D eigenvalue weighted by molar-refractivity contribution is 6.00. The SMILES string of the molecule is COC1(OC)OC=C(C)N(c2ccccc2)C1=O. The Kier molecular flexibility index (Phi) is 3.36. The van der Waals surface area contributed by atoms with E-state index >= 15 is 0 Å². The molecule has 0 unspecified atom stereocenters. The molecule has 0 atom stereocenters. The predicted molar refractivity (Wildman–Crippen MR) is 65.5 cm³/mol. The van der Waals surface area contributed by atoms with Gasteiger partial charge in [0.15, 0.2) is 0 Å². The molecule has 1 aliphatic rings. The molecule has 1 aromatic carbocycles. The van der Waals surface area contributed by atoms with Gasteiger partial charge in [-0.15, -0.1) is 0 Å². The maximum Gasteiger partial charge on any atom is 0.412 e. The largest absolute Gasteiger partial charge is 0.438 e. The molecule has 0 fully saturated rings. The number of allylic oxidation sites excluding steroid dienone is 1. The van der Waals surface area contributed by atoms with Crippen LogP contribution < -0.4 is 4.90 Å². The van der Waals surface area contributed by atoms with Crippen molar-refractivity contribution in [2.24, 2.45) is 0 Å². The average Bonchev–Trinajstić information content (AvgIpc) is 2.41. The molecule has 1 heterocycles. The van der Waals surface area contributed by atoms with E-state index in [1.807, 2.05) is 30.3 Å². The van der Waals surface area contributed by atoms with Crippen molar-refractivity contribution in [2.75, 3.05) is 19.1 Å². The first kappa shape index (κ1) is 12.6. The lowest BCUT2D eigenvalue weighted by atomic mass is 10.2. The van der Waals surface area contributed by atoms with Crippen LogP contribution in [0.25, 0.3) is 0 Å². The van der Waals surface area contributed by atoms with Crippen LogP contribution in [-0.4, -0.2) is 26.1 Å². The first-order valence-corrected chi connectivity index (χ1v) is 5.49. The van der Waals surface area contributed by atoms with Gasteiger partial charge in [0.2, 0.25) is 0 Å². The Morgan fingerprint density at radius 1 is 1.17 bits per heavy atom. The number of nitrogens with zero attached hydrogens (tertiary/aromatic N) is 1. The minimum atomic E-state index is -1.71. The fraction of sp³-hybridized carbons (Fsp3) is 0.308. The number of carbonyl (C=O) groups excluding carboxylic acids is 1. The molecule has 0 aliphatic carbocycles. The van der Waals surface area contributed by atoms with E-state index in [1.165, 1.54) is 25.4 Å². The molecule has 0 saturated carbocycles. The van der Waals surface area contributed by atoms with Crippen LogP contribution >= 0.6 is 0 Å². The lowest BCUT2D eigenvalue weighted by molar-refractivity contribution is -0.317. The molecule has 5 nitrogen and oxygen atoms in total. The van der Waals surface area contributed by atoms with Crippen molar-refractivity contribution in [1.29, 1.82) is 0 Å². The van der Waals surface area contributed by atoms with Crippen molar-refractivity contribution in [3.63, 3.8) is 0 Å². The normalized spacial score (nSPS) is 18.3. The summed E-state index contributed by atoms with van der Waals surface area (Å²) in [5, 5.41) is 0. The van der Waals surface area contributed by atoms with Gasteiger partial charge in [0.1, 0.15) is 6.26 Å². The number of carbonyl (C=O) groups is 1. The molecule has 0 bridgehead atoms. The lowest BCUT2D eigenvalue weighted by Gasteiger charge is -2.37. The second-order valence-electron chi connectivity index (χ2n) is 3.82. The van der Waals surface area contributed by atoms with Crippen molar-refractivity contribution in [1.82, 2.24) is 0 Å². The Morgan fingerprint density at radius 2 is 1.78 bits per heavy atom. The van der Waals surface area contributed by atoms with E-state index in [0.717, 1.165) is 5.69 Å². The molecule has 1 amide bonds. The van der Waals surface area contributed by atoms with Gasteiger partial charge in [-0.3, -0.25) is 9.69 Å². The van der Waals surface area contributed by atoms with Crippen molar-refractivity contribution in [3.8, 4) is 0 Å². The molecule has 0 aromatic heterocycles. The van der Waals surface area contributed by atoms with Crippen molar-refractivity contribution >= 4 is 11.6 Å². The highest BCUT2D eigenvalue weighted by Crippen LogP contribution is 2.30. The number of benzene rings is 1. The smallest absolute Gasteiger partial charge is 0.412 e. The van der Waals surface area contributed by atoms with E-state index < -0.39 is 11.9 Å². The first-order chi connectivity index (χ1) is 8.64. The van der Waals surface area contributed by atoms with Crippen LogP contribution in [0.1, 0.15) is 6.92 Å². The Morgan fingerprint density at radius 3 is 2.33 bits per heavy atom. The molecular formula is C13H15NO4. The quantitative estimate of drug-likeness (QED) is 0.767. The van der Waals surface area contributed by atoms with Crippen molar-refractivity contribution in [3.05, 3.63) is 42.3 Å². The zero-order valence-electron chi connectivity index (χ0n) is 10.5. The number of hydrogen-bond acceptors (Lipinski definition) is 4. The van der Waals surface area contributed by atoms with Crippen LogP contribution in [0.15, 0.2) is 42.3 Å². The summed E-state index contributed by atoms with van der Waals surface area (Å²) in [5.41, 5.74) is 1.40. The van der Waals surface area contributed by atoms with Gasteiger partial charge in [0, 0.05) is 19.9 Å². The van der Waals surface area contributed by atoms with E-state index in [-0.39, 0.29) is 0 Å². The first-order valence-electron chi connectivity index (χ1n) is 5.49. The second kappa shape index (κ2) is 4.80. The summed E-state index contributed by atoms with van der Waals surface area (Å²) in [6, 6.07) is 9.25. The number of amides is 1. The van der Waals surface area contributed by atoms with E-state index in [1.54, 1.807) is 6.92 Å². The molecule has 2 rings (SSSR count). The topological polar surface area (TPSA) is 48.0 Å². The summed E-state index contributed by atoms with van der Waals surface area (Å²) < 4.78 is 15.4. The zero-order valence-corrected chi connectivity index (χ0v) is 10.5. The van der Waals surface area contributed by atoms with Gasteiger partial charge >= 0.3 is 11.9 Å². The summed E-state index contributed by atoms with van der Waals surface area (Å²) in [7, 11) is 2.72. The number of para-hydroxylation sites is 1. The van der Waals surface area contributed by atoms with Crippen molar-refractivity contribution in [2.45, 2.75) is 12.9 Å². The van der Waals surface area contributed by atoms with Crippen LogP contribution in [-0.2, 0) is 19.0 Å². The number of methoxy groups -OCH3 is 2. The zero-order chi connectivity index (χ0) is 13.2. The molecule has 18 heavy (non-hydrogen) atoms. The van der Waals surface area contributed by atoms with E-state index in [2.05, 4.69) is 0 Å². The molecule has 5 heteroatoms. The highest BCUT2D eigenvalue weighted by Gasteiger charge is 2.48. The van der Waals surface area contributed by atoms with Gasteiger partial charge in [-0.25, -0.2) is 0 Å². The molecular weight excluding hydrogens is 234 g/mol. The second-order valence-corrected chi connectivity index (χ2v) is 3.82. The highest BCUT2D eigenvalue weighted by atomic mass is 16.9. The Hall–Kier alpha value is -1.85. The number of anilines is 1. The van der Waals surface area contributed by atoms with Crippen LogP contribution in [0.4, 0.5) is 5.69 Å². The van der Waals surface area contributed by atoms with Crippen molar-refractivity contribution < 1.29 is 19.0 Å². The summed E-state index contributed by atoms with van der Waals surface area (Å²) in [5.74, 6) is -2.13. The number of rotatable bonds is 3. The monoisotopic (exact) mass is 249 g/mol. The average molecular weight is 249 g/mol. The van der Waals surface area contributed by atoms with E-state index in [0.29, 0.717) is 5.70 Å². The molecule has 0 radical (unpaired) electrons. The third kappa shape index (κ3) is 1.87. The third-order valence-electron chi connectivity index (χ3n) is 2.75. The van der Waals surface area contributed by atoms with E-state index in [9.17, 15) is 4.79 Å². The molecule has 0 N–H and O–H groups in total. The Balaban J connectivity index is 2.44. The number of ether oxygens (including phenoxy) is 3. The molecule has 1 aliphatic heterocycles. The molecule has 1 aromatic rings. The summed E-state index contributed by atoms with van der Waals surface area (Å²) >= 11 is 0. The van der Waals surface area contributed by atoms with Gasteiger partial charge < -0.3 is 14.2 Å². The molecule has 0 spiro atoms. The Bertz CT molecular complexity index is 465. The lowest BCUT2D eigenvalue weighted by Crippen LogP contribution is -2.55. The van der Waals surface area contributed by atoms with Gasteiger partial charge in [0.05, 0.1) is 5.70 Å². The minimum Gasteiger partial charge on any atom is -0.438 e. The van der Waals surface area contributed by atoms with Gasteiger partial charge in [-0.2, -0.15) is 0 Å². The molecule has 0 saturated heterocycles. The third-order valence-corrected chi connectivity index (χ3v) is 2.75. The molecule has 96 valence electrons. The van der Waals surface area contributed by atoms with Crippen LogP contribution in [0.2, 0.25) is 0 Å². The van der Waals surface area contributed by atoms with Gasteiger partial charge in [0.25, 0.3) is 0 Å². The minimum absolute atomic E-state index is 0.418. The maximum atomic E-state index is 12.4. The fourth-order valence-corrected chi connectivity index (χ4v) is 1.82. The summed E-state index contributed by atoms with van der Waals surface area (Å²) in [6.45, 7) is 1.78. The number of hydrogen-bond donors (Lipinski definition) is 0. The Labute approximate surface area is 106 Å². The van der Waals surface area contributed by atoms with Gasteiger partial charge in [-0.1, -0.05) is 18.2 Å².